The highest BCUT2D eigenvalue weighted by atomic mass is 16.1. The lowest BCUT2D eigenvalue weighted by atomic mass is 9.95. The molecule has 2 aliphatic carbocycles. The van der Waals surface area contributed by atoms with Crippen molar-refractivity contribution in [2.75, 3.05) is 13.1 Å². The fraction of sp³-hybridized carbons (Fsp3) is 0.917. The van der Waals surface area contributed by atoms with Crippen molar-refractivity contribution in [1.29, 1.82) is 0 Å². The first kappa shape index (κ1) is 10.9. The number of hydrogen-bond donors (Lipinski definition) is 2. The molecule has 2 rings (SSSR count). The maximum absolute atomic E-state index is 10.6. The smallest absolute Gasteiger partial charge is 0.216 e. The summed E-state index contributed by atoms with van der Waals surface area (Å²) in [5.74, 6) is 2.05. The van der Waals surface area contributed by atoms with Crippen molar-refractivity contribution in [2.45, 2.75) is 45.1 Å². The number of carbonyl (C=O) groups is 1. The van der Waals surface area contributed by atoms with Crippen LogP contribution in [-0.4, -0.2) is 25.0 Å². The Morgan fingerprint density at radius 3 is 2.73 bits per heavy atom. The number of nitrogens with one attached hydrogen (secondary N) is 2. The van der Waals surface area contributed by atoms with Crippen LogP contribution in [0.2, 0.25) is 0 Å². The van der Waals surface area contributed by atoms with Gasteiger partial charge in [0.1, 0.15) is 0 Å². The van der Waals surface area contributed by atoms with E-state index in [1.165, 1.54) is 25.7 Å². The summed E-state index contributed by atoms with van der Waals surface area (Å²) in [6, 6.07) is 0.779. The van der Waals surface area contributed by atoms with Crippen molar-refractivity contribution < 1.29 is 4.79 Å². The SMILES string of the molecule is CC(=O)NCCCNC1CC2CCC1C2. The monoisotopic (exact) mass is 210 g/mol. The summed E-state index contributed by atoms with van der Waals surface area (Å²) < 4.78 is 0. The van der Waals surface area contributed by atoms with Crippen molar-refractivity contribution in [1.82, 2.24) is 10.6 Å². The summed E-state index contributed by atoms with van der Waals surface area (Å²) in [6.07, 6.45) is 6.81. The van der Waals surface area contributed by atoms with Gasteiger partial charge < -0.3 is 10.6 Å². The first-order chi connectivity index (χ1) is 7.25. The maximum atomic E-state index is 10.6. The number of fused-ring (bicyclic) bond motifs is 2. The molecule has 0 aliphatic heterocycles. The van der Waals surface area contributed by atoms with Gasteiger partial charge >= 0.3 is 0 Å². The second-order valence-corrected chi connectivity index (χ2v) is 5.07. The van der Waals surface area contributed by atoms with Crippen LogP contribution in [0.4, 0.5) is 0 Å². The highest BCUT2D eigenvalue weighted by Gasteiger charge is 2.38. The van der Waals surface area contributed by atoms with E-state index in [1.807, 2.05) is 0 Å². The minimum atomic E-state index is 0.0786. The molecule has 3 nitrogen and oxygen atoms in total. The van der Waals surface area contributed by atoms with Crippen molar-refractivity contribution in [2.24, 2.45) is 11.8 Å². The van der Waals surface area contributed by atoms with Crippen LogP contribution < -0.4 is 10.6 Å². The molecule has 0 heterocycles. The van der Waals surface area contributed by atoms with Crippen LogP contribution in [0.3, 0.4) is 0 Å². The molecular weight excluding hydrogens is 188 g/mol. The van der Waals surface area contributed by atoms with E-state index in [0.717, 1.165) is 37.4 Å². The van der Waals surface area contributed by atoms with Crippen LogP contribution in [-0.2, 0) is 4.79 Å². The van der Waals surface area contributed by atoms with E-state index in [-0.39, 0.29) is 5.91 Å². The molecule has 0 spiro atoms. The molecule has 2 fully saturated rings. The van der Waals surface area contributed by atoms with Gasteiger partial charge in [-0.3, -0.25) is 4.79 Å². The number of rotatable bonds is 5. The van der Waals surface area contributed by atoms with Crippen LogP contribution in [0.15, 0.2) is 0 Å². The maximum Gasteiger partial charge on any atom is 0.216 e. The Balaban J connectivity index is 1.53. The van der Waals surface area contributed by atoms with E-state index in [4.69, 9.17) is 0 Å². The van der Waals surface area contributed by atoms with Gasteiger partial charge in [0, 0.05) is 19.5 Å². The van der Waals surface area contributed by atoms with E-state index in [0.29, 0.717) is 0 Å². The fourth-order valence-corrected chi connectivity index (χ4v) is 3.13. The standard InChI is InChI=1S/C12H22N2O/c1-9(15)13-5-2-6-14-12-8-10-3-4-11(12)7-10/h10-12,14H,2-8H2,1H3,(H,13,15). The highest BCUT2D eigenvalue weighted by molar-refractivity contribution is 5.72. The van der Waals surface area contributed by atoms with Gasteiger partial charge in [0.05, 0.1) is 0 Å². The molecule has 2 saturated carbocycles. The Labute approximate surface area is 92.0 Å². The van der Waals surface area contributed by atoms with Gasteiger partial charge in [-0.1, -0.05) is 6.42 Å². The zero-order valence-corrected chi connectivity index (χ0v) is 9.59. The lowest BCUT2D eigenvalue weighted by molar-refractivity contribution is -0.118. The average molecular weight is 210 g/mol. The van der Waals surface area contributed by atoms with Crippen molar-refractivity contribution in [3.05, 3.63) is 0 Å². The summed E-state index contributed by atoms with van der Waals surface area (Å²) >= 11 is 0. The summed E-state index contributed by atoms with van der Waals surface area (Å²) in [4.78, 5) is 10.6. The molecule has 0 aromatic carbocycles. The number of carbonyl (C=O) groups excluding carboxylic acids is 1. The molecule has 86 valence electrons. The second kappa shape index (κ2) is 4.97. The molecule has 3 unspecified atom stereocenters. The van der Waals surface area contributed by atoms with E-state index in [2.05, 4.69) is 10.6 Å². The molecular formula is C12H22N2O. The normalized spacial score (nSPS) is 33.3. The largest absolute Gasteiger partial charge is 0.356 e. The van der Waals surface area contributed by atoms with Gasteiger partial charge in [0.15, 0.2) is 0 Å². The van der Waals surface area contributed by atoms with E-state index in [1.54, 1.807) is 6.92 Å². The Bertz CT molecular complexity index is 230. The molecule has 0 aromatic heterocycles. The molecule has 0 aromatic rings. The molecule has 3 atom stereocenters. The van der Waals surface area contributed by atoms with Gasteiger partial charge in [-0.25, -0.2) is 0 Å². The minimum Gasteiger partial charge on any atom is -0.356 e. The summed E-state index contributed by atoms with van der Waals surface area (Å²) in [6.45, 7) is 3.43. The topological polar surface area (TPSA) is 41.1 Å². The van der Waals surface area contributed by atoms with Crippen LogP contribution >= 0.6 is 0 Å². The highest BCUT2D eigenvalue weighted by Crippen LogP contribution is 2.44. The summed E-state index contributed by atoms with van der Waals surface area (Å²) in [5.41, 5.74) is 0. The van der Waals surface area contributed by atoms with Crippen LogP contribution in [0.1, 0.15) is 39.0 Å². The van der Waals surface area contributed by atoms with Gasteiger partial charge in [0.25, 0.3) is 0 Å². The van der Waals surface area contributed by atoms with Crippen LogP contribution in [0, 0.1) is 11.8 Å². The molecule has 15 heavy (non-hydrogen) atoms. The van der Waals surface area contributed by atoms with Crippen molar-refractivity contribution >= 4 is 5.91 Å². The zero-order chi connectivity index (χ0) is 10.7. The van der Waals surface area contributed by atoms with Gasteiger partial charge in [-0.15, -0.1) is 0 Å². The van der Waals surface area contributed by atoms with Gasteiger partial charge in [0.2, 0.25) is 5.91 Å². The first-order valence-corrected chi connectivity index (χ1v) is 6.23. The lowest BCUT2D eigenvalue weighted by Gasteiger charge is -2.22. The third-order valence-electron chi connectivity index (χ3n) is 3.87. The van der Waals surface area contributed by atoms with Gasteiger partial charge in [-0.2, -0.15) is 0 Å². The molecule has 2 bridgehead atoms. The number of amides is 1. The molecule has 2 aliphatic rings. The molecule has 2 N–H and O–H groups in total. The lowest BCUT2D eigenvalue weighted by Crippen LogP contribution is -2.35. The number of hydrogen-bond acceptors (Lipinski definition) is 2. The van der Waals surface area contributed by atoms with E-state index < -0.39 is 0 Å². The van der Waals surface area contributed by atoms with E-state index in [9.17, 15) is 4.79 Å². The Morgan fingerprint density at radius 2 is 2.13 bits per heavy atom. The first-order valence-electron chi connectivity index (χ1n) is 6.23. The third-order valence-corrected chi connectivity index (χ3v) is 3.87. The third kappa shape index (κ3) is 2.94. The Kier molecular flexibility index (Phi) is 3.62. The summed E-state index contributed by atoms with van der Waals surface area (Å²) in [7, 11) is 0. The average Bonchev–Trinajstić information content (AvgIpc) is 2.78. The van der Waals surface area contributed by atoms with E-state index >= 15 is 0 Å². The Hall–Kier alpha value is -0.570. The second-order valence-electron chi connectivity index (χ2n) is 5.07. The van der Waals surface area contributed by atoms with Crippen LogP contribution in [0.25, 0.3) is 0 Å². The Morgan fingerprint density at radius 1 is 1.27 bits per heavy atom. The van der Waals surface area contributed by atoms with Gasteiger partial charge in [-0.05, 0) is 44.1 Å². The molecule has 0 saturated heterocycles. The van der Waals surface area contributed by atoms with Crippen molar-refractivity contribution in [3.63, 3.8) is 0 Å². The summed E-state index contributed by atoms with van der Waals surface area (Å²) in [5, 5.41) is 6.46. The fourth-order valence-electron chi connectivity index (χ4n) is 3.13. The molecule has 3 heteroatoms. The predicted octanol–water partition coefficient (Wildman–Crippen LogP) is 1.29. The predicted molar refractivity (Wildman–Crippen MR) is 60.5 cm³/mol. The zero-order valence-electron chi connectivity index (χ0n) is 9.59. The van der Waals surface area contributed by atoms with Crippen molar-refractivity contribution in [3.8, 4) is 0 Å². The quantitative estimate of drug-likeness (QED) is 0.671. The van der Waals surface area contributed by atoms with Crippen LogP contribution in [0.5, 0.6) is 0 Å². The molecule has 1 amide bonds. The minimum absolute atomic E-state index is 0.0786. The molecule has 0 radical (unpaired) electrons.